The Kier molecular flexibility index (Phi) is 5.58. The molecule has 23 heavy (non-hydrogen) atoms. The van der Waals surface area contributed by atoms with Gasteiger partial charge >= 0.3 is 0 Å². The van der Waals surface area contributed by atoms with E-state index in [1.165, 1.54) is 11.1 Å². The number of para-hydroxylation sites is 1. The van der Waals surface area contributed by atoms with Gasteiger partial charge in [-0.05, 0) is 55.7 Å². The maximum atomic E-state index is 12.3. The summed E-state index contributed by atoms with van der Waals surface area (Å²) >= 11 is 0. The minimum Gasteiger partial charge on any atom is -0.497 e. The van der Waals surface area contributed by atoms with E-state index in [-0.39, 0.29) is 5.78 Å². The number of carbonyl (C=O) groups is 1. The normalized spacial score (nSPS) is 11.2. The summed E-state index contributed by atoms with van der Waals surface area (Å²) in [5, 5.41) is 3.37. The van der Waals surface area contributed by atoms with Crippen LogP contribution >= 0.6 is 0 Å². The molecule has 2 aromatic carbocycles. The monoisotopic (exact) mass is 309 g/mol. The number of carbonyl (C=O) groups excluding carboxylic acids is 1. The van der Waals surface area contributed by atoms with E-state index in [9.17, 15) is 4.79 Å². The number of aryl methyl sites for hydroxylation is 2. The number of hydrogen-bond acceptors (Lipinski definition) is 3. The van der Waals surface area contributed by atoms with Crippen LogP contribution in [0.1, 0.15) is 35.3 Å². The number of methoxy groups -OCH3 is 1. The molecule has 0 saturated heterocycles. The van der Waals surface area contributed by atoms with Crippen molar-refractivity contribution in [3.63, 3.8) is 0 Å². The molecule has 3 nitrogen and oxygen atoms in total. The van der Waals surface area contributed by atoms with Crippen LogP contribution in [0.5, 0.6) is 5.75 Å². The van der Waals surface area contributed by atoms with Crippen molar-refractivity contribution in [3.8, 4) is 5.75 Å². The van der Waals surface area contributed by atoms with Gasteiger partial charge in [-0.1, -0.05) is 25.1 Å². The summed E-state index contributed by atoms with van der Waals surface area (Å²) in [6.07, 6.45) is 2.58. The zero-order valence-electron chi connectivity index (χ0n) is 14.1. The van der Waals surface area contributed by atoms with Gasteiger partial charge in [-0.3, -0.25) is 4.79 Å². The van der Waals surface area contributed by atoms with E-state index in [4.69, 9.17) is 4.74 Å². The van der Waals surface area contributed by atoms with Gasteiger partial charge in [0.05, 0.1) is 7.11 Å². The van der Waals surface area contributed by atoms with Crippen molar-refractivity contribution in [2.75, 3.05) is 12.4 Å². The Morgan fingerprint density at radius 2 is 1.87 bits per heavy atom. The van der Waals surface area contributed by atoms with Gasteiger partial charge in [-0.15, -0.1) is 0 Å². The number of anilines is 1. The summed E-state index contributed by atoms with van der Waals surface area (Å²) in [4.78, 5) is 12.3. The lowest BCUT2D eigenvalue weighted by atomic mass is 10.1. The number of hydrogen-bond donors (Lipinski definition) is 1. The Morgan fingerprint density at radius 1 is 1.17 bits per heavy atom. The second kappa shape index (κ2) is 7.63. The minimum absolute atomic E-state index is 0.0238. The molecule has 0 saturated carbocycles. The lowest BCUT2D eigenvalue weighted by molar-refractivity contribution is 0.104. The Morgan fingerprint density at radius 3 is 2.48 bits per heavy atom. The molecule has 0 bridgehead atoms. The standard InChI is InChI=1S/C20H23NO2/c1-5-16-8-6-7-14(2)20(16)21-15(3)13-19(22)17-9-11-18(23-4)12-10-17/h6-13,21H,5H2,1-4H3. The van der Waals surface area contributed by atoms with Crippen molar-refractivity contribution in [2.45, 2.75) is 27.2 Å². The van der Waals surface area contributed by atoms with Crippen LogP contribution in [0.15, 0.2) is 54.2 Å². The third-order valence-electron chi connectivity index (χ3n) is 3.78. The molecular weight excluding hydrogens is 286 g/mol. The Labute approximate surface area is 138 Å². The summed E-state index contributed by atoms with van der Waals surface area (Å²) in [6.45, 7) is 6.11. The van der Waals surface area contributed by atoms with Gasteiger partial charge < -0.3 is 10.1 Å². The maximum absolute atomic E-state index is 12.3. The van der Waals surface area contributed by atoms with Crippen LogP contribution in [-0.4, -0.2) is 12.9 Å². The van der Waals surface area contributed by atoms with Crippen molar-refractivity contribution in [2.24, 2.45) is 0 Å². The van der Waals surface area contributed by atoms with Crippen LogP contribution in [0.25, 0.3) is 0 Å². The average molecular weight is 309 g/mol. The highest BCUT2D eigenvalue weighted by Crippen LogP contribution is 2.23. The van der Waals surface area contributed by atoms with E-state index in [1.54, 1.807) is 37.5 Å². The van der Waals surface area contributed by atoms with E-state index in [1.807, 2.05) is 6.92 Å². The molecule has 2 rings (SSSR count). The fourth-order valence-corrected chi connectivity index (χ4v) is 2.47. The van der Waals surface area contributed by atoms with E-state index in [0.29, 0.717) is 5.56 Å². The van der Waals surface area contributed by atoms with Gasteiger partial charge in [0.15, 0.2) is 5.78 Å². The molecule has 0 atom stereocenters. The highest BCUT2D eigenvalue weighted by atomic mass is 16.5. The zero-order valence-corrected chi connectivity index (χ0v) is 14.1. The number of nitrogens with one attached hydrogen (secondary N) is 1. The first-order valence-electron chi connectivity index (χ1n) is 7.77. The minimum atomic E-state index is -0.0238. The van der Waals surface area contributed by atoms with E-state index in [2.05, 4.69) is 37.4 Å². The molecule has 0 fully saturated rings. The van der Waals surface area contributed by atoms with E-state index in [0.717, 1.165) is 23.6 Å². The summed E-state index contributed by atoms with van der Waals surface area (Å²) in [5.74, 6) is 0.720. The smallest absolute Gasteiger partial charge is 0.187 e. The Hall–Kier alpha value is -2.55. The summed E-state index contributed by atoms with van der Waals surface area (Å²) in [5.41, 5.74) is 4.98. The average Bonchev–Trinajstić information content (AvgIpc) is 2.56. The second-order valence-corrected chi connectivity index (χ2v) is 5.51. The van der Waals surface area contributed by atoms with Gasteiger partial charge in [-0.2, -0.15) is 0 Å². The molecule has 0 radical (unpaired) electrons. The SMILES string of the molecule is CCc1cccc(C)c1NC(C)=CC(=O)c1ccc(OC)cc1. The molecule has 0 spiro atoms. The van der Waals surface area contributed by atoms with Crippen LogP contribution < -0.4 is 10.1 Å². The molecule has 0 aliphatic carbocycles. The fourth-order valence-electron chi connectivity index (χ4n) is 2.47. The molecule has 0 aliphatic rings. The summed E-state index contributed by atoms with van der Waals surface area (Å²) in [7, 11) is 1.61. The number of rotatable bonds is 6. The summed E-state index contributed by atoms with van der Waals surface area (Å²) < 4.78 is 5.11. The van der Waals surface area contributed by atoms with Crippen LogP contribution in [0, 0.1) is 6.92 Å². The molecule has 1 N–H and O–H groups in total. The summed E-state index contributed by atoms with van der Waals surface area (Å²) in [6, 6.07) is 13.4. The van der Waals surface area contributed by atoms with Gasteiger partial charge in [0, 0.05) is 23.0 Å². The number of benzene rings is 2. The lowest BCUT2D eigenvalue weighted by Crippen LogP contribution is -2.04. The number of ether oxygens (including phenoxy) is 1. The van der Waals surface area contributed by atoms with Gasteiger partial charge in [-0.25, -0.2) is 0 Å². The molecule has 0 unspecified atom stereocenters. The lowest BCUT2D eigenvalue weighted by Gasteiger charge is -2.14. The predicted molar refractivity (Wildman–Crippen MR) is 95.3 cm³/mol. The van der Waals surface area contributed by atoms with Crippen molar-refractivity contribution >= 4 is 11.5 Å². The number of ketones is 1. The largest absolute Gasteiger partial charge is 0.497 e. The molecule has 0 heterocycles. The van der Waals surface area contributed by atoms with Gasteiger partial charge in [0.25, 0.3) is 0 Å². The highest BCUT2D eigenvalue weighted by Gasteiger charge is 2.07. The van der Waals surface area contributed by atoms with Crippen LogP contribution in [-0.2, 0) is 6.42 Å². The highest BCUT2D eigenvalue weighted by molar-refractivity contribution is 6.05. The first-order chi connectivity index (χ1) is 11.0. The van der Waals surface area contributed by atoms with Crippen molar-refractivity contribution in [3.05, 3.63) is 70.9 Å². The molecular formula is C20H23NO2. The third-order valence-corrected chi connectivity index (χ3v) is 3.78. The van der Waals surface area contributed by atoms with Crippen molar-refractivity contribution in [1.82, 2.24) is 0 Å². The molecule has 0 aliphatic heterocycles. The van der Waals surface area contributed by atoms with Crippen molar-refractivity contribution < 1.29 is 9.53 Å². The zero-order chi connectivity index (χ0) is 16.8. The number of allylic oxidation sites excluding steroid dienone is 2. The molecule has 0 aromatic heterocycles. The van der Waals surface area contributed by atoms with Crippen LogP contribution in [0.4, 0.5) is 5.69 Å². The van der Waals surface area contributed by atoms with Gasteiger partial charge in [0.1, 0.15) is 5.75 Å². The maximum Gasteiger partial charge on any atom is 0.187 e. The van der Waals surface area contributed by atoms with Gasteiger partial charge in [0.2, 0.25) is 0 Å². The quantitative estimate of drug-likeness (QED) is 0.617. The second-order valence-electron chi connectivity index (χ2n) is 5.51. The Bertz CT molecular complexity index is 715. The Balaban J connectivity index is 2.17. The van der Waals surface area contributed by atoms with Crippen LogP contribution in [0.3, 0.4) is 0 Å². The molecule has 0 amide bonds. The fraction of sp³-hybridized carbons (Fsp3) is 0.250. The first kappa shape index (κ1) is 16.8. The third kappa shape index (κ3) is 4.22. The topological polar surface area (TPSA) is 38.3 Å². The van der Waals surface area contributed by atoms with E-state index < -0.39 is 0 Å². The predicted octanol–water partition coefficient (Wildman–Crippen LogP) is 4.76. The first-order valence-corrected chi connectivity index (χ1v) is 7.77. The van der Waals surface area contributed by atoms with Crippen LogP contribution in [0.2, 0.25) is 0 Å². The molecule has 3 heteroatoms. The molecule has 120 valence electrons. The van der Waals surface area contributed by atoms with Crippen molar-refractivity contribution in [1.29, 1.82) is 0 Å². The molecule has 2 aromatic rings. The van der Waals surface area contributed by atoms with E-state index >= 15 is 0 Å².